The zero-order chi connectivity index (χ0) is 9.31. The maximum absolute atomic E-state index is 5.90. The lowest BCUT2D eigenvalue weighted by Crippen LogP contribution is -2.23. The third-order valence-corrected chi connectivity index (χ3v) is 2.96. The molecule has 2 rings (SSSR count). The van der Waals surface area contributed by atoms with Gasteiger partial charge in [0.25, 0.3) is 0 Å². The van der Waals surface area contributed by atoms with Crippen LogP contribution in [0.3, 0.4) is 0 Å². The quantitative estimate of drug-likeness (QED) is 0.702. The number of rotatable bonds is 1. The van der Waals surface area contributed by atoms with E-state index < -0.39 is 0 Å². The van der Waals surface area contributed by atoms with Gasteiger partial charge in [-0.05, 0) is 19.3 Å². The monoisotopic (exact) mass is 177 g/mol. The molecule has 0 radical (unpaired) electrons. The maximum atomic E-state index is 5.90. The van der Waals surface area contributed by atoms with Crippen LogP contribution in [0.15, 0.2) is 18.6 Å². The maximum Gasteiger partial charge on any atom is 0.0646 e. The minimum Gasteiger partial charge on any atom is -0.328 e. The van der Waals surface area contributed by atoms with Crippen LogP contribution in [0.5, 0.6) is 0 Å². The van der Waals surface area contributed by atoms with E-state index in [1.54, 1.807) is 12.4 Å². The Kier molecular flexibility index (Phi) is 2.04. The molecule has 3 heteroatoms. The normalized spacial score (nSPS) is 33.5. The van der Waals surface area contributed by atoms with Gasteiger partial charge < -0.3 is 5.73 Å². The van der Waals surface area contributed by atoms with Gasteiger partial charge in [0, 0.05) is 30.0 Å². The topological polar surface area (TPSA) is 51.8 Å². The van der Waals surface area contributed by atoms with Crippen LogP contribution in [0.1, 0.15) is 31.9 Å². The van der Waals surface area contributed by atoms with E-state index in [-0.39, 0.29) is 5.41 Å². The molecule has 13 heavy (non-hydrogen) atoms. The van der Waals surface area contributed by atoms with E-state index in [9.17, 15) is 0 Å². The average molecular weight is 177 g/mol. The van der Waals surface area contributed by atoms with E-state index in [1.165, 1.54) is 0 Å². The average Bonchev–Trinajstić information content (AvgIpc) is 2.49. The van der Waals surface area contributed by atoms with Crippen molar-refractivity contribution in [1.29, 1.82) is 0 Å². The molecule has 2 unspecified atom stereocenters. The van der Waals surface area contributed by atoms with Crippen molar-refractivity contribution in [2.24, 2.45) is 5.73 Å². The molecule has 0 spiro atoms. The highest BCUT2D eigenvalue weighted by Gasteiger charge is 2.36. The first-order valence-electron chi connectivity index (χ1n) is 4.73. The summed E-state index contributed by atoms with van der Waals surface area (Å²) in [4.78, 5) is 8.45. The van der Waals surface area contributed by atoms with Crippen molar-refractivity contribution in [2.45, 2.75) is 37.6 Å². The number of nitrogens with zero attached hydrogens (tertiary/aromatic N) is 2. The third kappa shape index (κ3) is 1.56. The first-order valence-corrected chi connectivity index (χ1v) is 4.73. The van der Waals surface area contributed by atoms with Gasteiger partial charge in [0.15, 0.2) is 0 Å². The summed E-state index contributed by atoms with van der Waals surface area (Å²) in [5.74, 6) is 0. The molecule has 1 heterocycles. The Hall–Kier alpha value is -0.960. The van der Waals surface area contributed by atoms with Gasteiger partial charge in [-0.15, -0.1) is 0 Å². The number of hydrogen-bond donors (Lipinski definition) is 1. The Morgan fingerprint density at radius 1 is 1.54 bits per heavy atom. The van der Waals surface area contributed by atoms with Crippen molar-refractivity contribution in [3.63, 3.8) is 0 Å². The molecule has 70 valence electrons. The van der Waals surface area contributed by atoms with E-state index >= 15 is 0 Å². The van der Waals surface area contributed by atoms with Crippen LogP contribution < -0.4 is 5.73 Å². The smallest absolute Gasteiger partial charge is 0.0646 e. The molecular weight excluding hydrogens is 162 g/mol. The largest absolute Gasteiger partial charge is 0.328 e. The van der Waals surface area contributed by atoms with Crippen LogP contribution in [0.4, 0.5) is 0 Å². The fourth-order valence-corrected chi connectivity index (χ4v) is 2.13. The summed E-state index contributed by atoms with van der Waals surface area (Å²) in [6, 6.07) is 0.340. The fraction of sp³-hybridized carbons (Fsp3) is 0.600. The van der Waals surface area contributed by atoms with Crippen LogP contribution in [0, 0.1) is 0 Å². The summed E-state index contributed by atoms with van der Waals surface area (Å²) in [7, 11) is 0. The Bertz CT molecular complexity index is 285. The highest BCUT2D eigenvalue weighted by atomic mass is 14.8. The molecular formula is C10H15N3. The standard InChI is InChI=1S/C10H15N3/c1-10(3-2-8(11)6-10)9-7-12-4-5-13-9/h4-5,7-8H,2-3,6,11H2,1H3. The van der Waals surface area contributed by atoms with Gasteiger partial charge in [0.1, 0.15) is 0 Å². The van der Waals surface area contributed by atoms with Crippen LogP contribution in [-0.4, -0.2) is 16.0 Å². The highest BCUT2D eigenvalue weighted by molar-refractivity contribution is 5.15. The predicted octanol–water partition coefficient (Wildman–Crippen LogP) is 1.25. The third-order valence-electron chi connectivity index (χ3n) is 2.96. The van der Waals surface area contributed by atoms with Crippen LogP contribution >= 0.6 is 0 Å². The second kappa shape index (κ2) is 3.07. The molecule has 1 aromatic rings. The molecule has 0 saturated heterocycles. The van der Waals surface area contributed by atoms with Crippen molar-refractivity contribution < 1.29 is 0 Å². The van der Waals surface area contributed by atoms with Crippen molar-refractivity contribution >= 4 is 0 Å². The first kappa shape index (κ1) is 8.63. The number of aromatic nitrogens is 2. The van der Waals surface area contributed by atoms with Crippen LogP contribution in [-0.2, 0) is 5.41 Å². The van der Waals surface area contributed by atoms with E-state index in [2.05, 4.69) is 16.9 Å². The molecule has 0 bridgehead atoms. The number of nitrogens with two attached hydrogens (primary N) is 1. The van der Waals surface area contributed by atoms with Crippen molar-refractivity contribution in [1.82, 2.24) is 9.97 Å². The van der Waals surface area contributed by atoms with Crippen molar-refractivity contribution in [2.75, 3.05) is 0 Å². The fourth-order valence-electron chi connectivity index (χ4n) is 2.13. The lowest BCUT2D eigenvalue weighted by molar-refractivity contribution is 0.465. The van der Waals surface area contributed by atoms with Gasteiger partial charge in [-0.25, -0.2) is 0 Å². The summed E-state index contributed by atoms with van der Waals surface area (Å²) in [5, 5.41) is 0. The summed E-state index contributed by atoms with van der Waals surface area (Å²) in [6.45, 7) is 2.23. The van der Waals surface area contributed by atoms with Gasteiger partial charge in [0.05, 0.1) is 5.69 Å². The molecule has 2 N–H and O–H groups in total. The zero-order valence-corrected chi connectivity index (χ0v) is 7.90. The summed E-state index contributed by atoms with van der Waals surface area (Å²) in [6.07, 6.45) is 8.59. The molecule has 1 aliphatic carbocycles. The SMILES string of the molecule is CC1(c2cnccn2)CCC(N)C1. The zero-order valence-electron chi connectivity index (χ0n) is 7.90. The Morgan fingerprint density at radius 3 is 2.92 bits per heavy atom. The molecule has 3 nitrogen and oxygen atoms in total. The molecule has 0 aliphatic heterocycles. The highest BCUT2D eigenvalue weighted by Crippen LogP contribution is 2.38. The lowest BCUT2D eigenvalue weighted by atomic mass is 9.85. The van der Waals surface area contributed by atoms with Gasteiger partial charge in [-0.1, -0.05) is 6.92 Å². The molecule has 1 aliphatic rings. The summed E-state index contributed by atoms with van der Waals surface area (Å²) >= 11 is 0. The Labute approximate surface area is 78.4 Å². The summed E-state index contributed by atoms with van der Waals surface area (Å²) in [5.41, 5.74) is 7.15. The summed E-state index contributed by atoms with van der Waals surface area (Å²) < 4.78 is 0. The van der Waals surface area contributed by atoms with Gasteiger partial charge in [-0.3, -0.25) is 9.97 Å². The first-order chi connectivity index (χ1) is 6.21. The van der Waals surface area contributed by atoms with Crippen molar-refractivity contribution in [3.05, 3.63) is 24.3 Å². The molecule has 1 fully saturated rings. The minimum absolute atomic E-state index is 0.160. The number of hydrogen-bond acceptors (Lipinski definition) is 3. The van der Waals surface area contributed by atoms with Gasteiger partial charge in [0.2, 0.25) is 0 Å². The van der Waals surface area contributed by atoms with E-state index in [0.29, 0.717) is 6.04 Å². The van der Waals surface area contributed by atoms with Crippen LogP contribution in [0.2, 0.25) is 0 Å². The van der Waals surface area contributed by atoms with Gasteiger partial charge in [-0.2, -0.15) is 0 Å². The molecule has 1 aromatic heterocycles. The van der Waals surface area contributed by atoms with E-state index in [0.717, 1.165) is 25.0 Å². The van der Waals surface area contributed by atoms with Crippen LogP contribution in [0.25, 0.3) is 0 Å². The molecule has 0 aromatic carbocycles. The minimum atomic E-state index is 0.160. The molecule has 0 amide bonds. The predicted molar refractivity (Wildman–Crippen MR) is 51.2 cm³/mol. The second-order valence-electron chi connectivity index (χ2n) is 4.15. The Balaban J connectivity index is 2.26. The lowest BCUT2D eigenvalue weighted by Gasteiger charge is -2.22. The van der Waals surface area contributed by atoms with E-state index in [4.69, 9.17) is 5.73 Å². The van der Waals surface area contributed by atoms with Crippen molar-refractivity contribution in [3.8, 4) is 0 Å². The van der Waals surface area contributed by atoms with Gasteiger partial charge >= 0.3 is 0 Å². The second-order valence-corrected chi connectivity index (χ2v) is 4.15. The van der Waals surface area contributed by atoms with E-state index in [1.807, 2.05) is 6.20 Å². The molecule has 2 atom stereocenters. The molecule has 1 saturated carbocycles. The Morgan fingerprint density at radius 2 is 2.38 bits per heavy atom.